The highest BCUT2D eigenvalue weighted by atomic mass is 32.2. The number of Topliss-reactive ketones (excluding diaryl/α,β-unsaturated/α-hetero) is 1. The van der Waals surface area contributed by atoms with Crippen LogP contribution in [0, 0.1) is 0 Å². The van der Waals surface area contributed by atoms with Crippen LogP contribution in [0.2, 0.25) is 0 Å². The Hall–Kier alpha value is -2.14. The molecule has 0 aliphatic carbocycles. The second-order valence-corrected chi connectivity index (χ2v) is 9.75. The molecule has 3 N–H and O–H groups in total. The molecule has 0 saturated carbocycles. The molecular weight excluding hydrogens is 468 g/mol. The van der Waals surface area contributed by atoms with Gasteiger partial charge in [-0.2, -0.15) is 0 Å². The van der Waals surface area contributed by atoms with Gasteiger partial charge in [-0.25, -0.2) is 4.79 Å². The Morgan fingerprint density at radius 2 is 1.59 bits per heavy atom. The summed E-state index contributed by atoms with van der Waals surface area (Å²) in [6.07, 6.45) is 2.96. The Labute approximate surface area is 203 Å². The summed E-state index contributed by atoms with van der Waals surface area (Å²) in [7, 11) is 0. The van der Waals surface area contributed by atoms with Gasteiger partial charge >= 0.3 is 23.9 Å². The number of carbonyl (C=O) groups is 5. The largest absolute Gasteiger partial charge is 0.481 e. The molecule has 0 bridgehead atoms. The normalized spacial score (nSPS) is 24.6. The molecular formula is C23H36O10S. The third-order valence-corrected chi connectivity index (χ3v) is 6.73. The lowest BCUT2D eigenvalue weighted by Gasteiger charge is -2.22. The van der Waals surface area contributed by atoms with Crippen molar-refractivity contribution in [1.82, 2.24) is 0 Å². The van der Waals surface area contributed by atoms with Crippen LogP contribution in [0.5, 0.6) is 0 Å². The molecule has 0 spiro atoms. The van der Waals surface area contributed by atoms with E-state index in [0.29, 0.717) is 12.8 Å². The molecule has 0 aromatic heterocycles. The molecule has 0 aromatic carbocycles. The van der Waals surface area contributed by atoms with Crippen molar-refractivity contribution in [2.75, 3.05) is 5.75 Å². The van der Waals surface area contributed by atoms with Crippen molar-refractivity contribution in [3.8, 4) is 0 Å². The summed E-state index contributed by atoms with van der Waals surface area (Å²) in [6, 6.07) is 0. The molecule has 11 heteroatoms. The number of aliphatic carboxylic acids is 2. The average molecular weight is 505 g/mol. The number of cyclic esters (lactones) is 1. The molecule has 194 valence electrons. The predicted octanol–water partition coefficient (Wildman–Crippen LogP) is 2.73. The molecule has 1 saturated heterocycles. The van der Waals surface area contributed by atoms with Gasteiger partial charge in [-0.15, -0.1) is 11.8 Å². The number of ketones is 1. The second-order valence-electron chi connectivity index (χ2n) is 8.52. The van der Waals surface area contributed by atoms with E-state index in [1.165, 1.54) is 0 Å². The van der Waals surface area contributed by atoms with Gasteiger partial charge in [0, 0.05) is 12.2 Å². The minimum atomic E-state index is -1.71. The van der Waals surface area contributed by atoms with Crippen LogP contribution in [0.4, 0.5) is 0 Å². The summed E-state index contributed by atoms with van der Waals surface area (Å²) in [5.74, 6) is -4.95. The zero-order chi connectivity index (χ0) is 25.5. The summed E-state index contributed by atoms with van der Waals surface area (Å²) < 4.78 is 10.7. The number of thioether (sulfide) groups is 1. The summed E-state index contributed by atoms with van der Waals surface area (Å²) in [4.78, 5) is 59.5. The number of carbonyl (C=O) groups excluding carboxylic acids is 3. The fourth-order valence-corrected chi connectivity index (χ4v) is 4.52. The maximum absolute atomic E-state index is 13.0. The van der Waals surface area contributed by atoms with Crippen LogP contribution in [-0.4, -0.2) is 74.3 Å². The lowest BCUT2D eigenvalue weighted by Crippen LogP contribution is -2.34. The van der Waals surface area contributed by atoms with E-state index in [0.717, 1.165) is 50.3 Å². The van der Waals surface area contributed by atoms with Crippen LogP contribution >= 0.6 is 11.8 Å². The van der Waals surface area contributed by atoms with E-state index < -0.39 is 53.5 Å². The third-order valence-electron chi connectivity index (χ3n) is 5.46. The maximum Gasteiger partial charge on any atom is 0.333 e. The quantitative estimate of drug-likeness (QED) is 0.416. The molecule has 0 amide bonds. The van der Waals surface area contributed by atoms with Gasteiger partial charge in [0.25, 0.3) is 0 Å². The van der Waals surface area contributed by atoms with Crippen molar-refractivity contribution < 1.29 is 48.8 Å². The maximum atomic E-state index is 13.0. The molecule has 1 unspecified atom stereocenters. The number of hydrogen-bond donors (Lipinski definition) is 3. The lowest BCUT2D eigenvalue weighted by atomic mass is 10.0. The smallest absolute Gasteiger partial charge is 0.333 e. The Morgan fingerprint density at radius 3 is 2.18 bits per heavy atom. The molecule has 10 nitrogen and oxygen atoms in total. The van der Waals surface area contributed by atoms with Gasteiger partial charge in [-0.05, 0) is 32.6 Å². The van der Waals surface area contributed by atoms with Gasteiger partial charge < -0.3 is 24.8 Å². The molecule has 4 atom stereocenters. The first-order chi connectivity index (χ1) is 16.1. The number of carboxylic acids is 2. The number of aliphatic hydroxyl groups excluding tert-OH is 1. The number of hydrogen-bond acceptors (Lipinski definition) is 9. The Balaban J connectivity index is 2.97. The van der Waals surface area contributed by atoms with Gasteiger partial charge in [-0.1, -0.05) is 32.1 Å². The number of esters is 2. The van der Waals surface area contributed by atoms with Crippen LogP contribution in [0.15, 0.2) is 0 Å². The number of ether oxygens (including phenoxy) is 2. The van der Waals surface area contributed by atoms with Crippen molar-refractivity contribution in [2.24, 2.45) is 0 Å². The number of aliphatic hydroxyl groups is 1. The average Bonchev–Trinajstić information content (AvgIpc) is 2.77. The van der Waals surface area contributed by atoms with Crippen LogP contribution < -0.4 is 0 Å². The van der Waals surface area contributed by atoms with Crippen LogP contribution in [0.3, 0.4) is 0 Å². The standard InChI is InChI=1S/C23H36O10S/c1-15-9-7-5-3-2-4-6-8-10-18(33-21(28)12-11-20(26)27)16(24)13-19(23(31)32-15)34-14-17(25)22(29)30/h15,17-19,25H,2-14H2,1H3,(H,26,27)(H,29,30)/t15-,17?,18+,19-/m1/s1. The molecule has 34 heavy (non-hydrogen) atoms. The van der Waals surface area contributed by atoms with Crippen molar-refractivity contribution in [3.05, 3.63) is 0 Å². The molecule has 0 radical (unpaired) electrons. The number of rotatable bonds is 8. The van der Waals surface area contributed by atoms with Gasteiger partial charge in [0.2, 0.25) is 0 Å². The fraction of sp³-hybridized carbons (Fsp3) is 0.783. The van der Waals surface area contributed by atoms with E-state index in [2.05, 4.69) is 0 Å². The molecule has 0 aromatic rings. The zero-order valence-electron chi connectivity index (χ0n) is 19.6. The lowest BCUT2D eigenvalue weighted by molar-refractivity contribution is -0.157. The highest BCUT2D eigenvalue weighted by molar-refractivity contribution is 8.00. The van der Waals surface area contributed by atoms with Gasteiger partial charge in [0.15, 0.2) is 18.0 Å². The Bertz CT molecular complexity index is 695. The topological polar surface area (TPSA) is 164 Å². The molecule has 1 fully saturated rings. The Kier molecular flexibility index (Phi) is 14.5. The molecule has 1 rings (SSSR count). The van der Waals surface area contributed by atoms with Crippen molar-refractivity contribution >= 4 is 41.4 Å². The molecule has 1 aliphatic rings. The van der Waals surface area contributed by atoms with E-state index in [4.69, 9.17) is 19.7 Å². The van der Waals surface area contributed by atoms with E-state index in [1.54, 1.807) is 6.92 Å². The van der Waals surface area contributed by atoms with Crippen molar-refractivity contribution in [2.45, 2.75) is 108 Å². The second kappa shape index (κ2) is 16.5. The summed E-state index contributed by atoms with van der Waals surface area (Å²) in [6.45, 7) is 1.75. The van der Waals surface area contributed by atoms with Crippen molar-refractivity contribution in [1.29, 1.82) is 0 Å². The van der Waals surface area contributed by atoms with Gasteiger partial charge in [0.1, 0.15) is 5.25 Å². The SMILES string of the molecule is C[C@@H]1CCCCCCCCC[C@H](OC(=O)CCC(=O)O)C(=O)C[C@@H](SCC(O)C(=O)O)C(=O)O1. The highest BCUT2D eigenvalue weighted by Crippen LogP contribution is 2.23. The zero-order valence-corrected chi connectivity index (χ0v) is 20.4. The van der Waals surface area contributed by atoms with E-state index in [9.17, 15) is 29.1 Å². The fourth-order valence-electron chi connectivity index (χ4n) is 3.49. The van der Waals surface area contributed by atoms with Crippen molar-refractivity contribution in [3.63, 3.8) is 0 Å². The predicted molar refractivity (Wildman–Crippen MR) is 123 cm³/mol. The monoisotopic (exact) mass is 504 g/mol. The third kappa shape index (κ3) is 12.9. The first-order valence-corrected chi connectivity index (χ1v) is 12.8. The first-order valence-electron chi connectivity index (χ1n) is 11.8. The minimum Gasteiger partial charge on any atom is -0.481 e. The summed E-state index contributed by atoms with van der Waals surface area (Å²) in [5, 5.41) is 26.2. The molecule has 1 heterocycles. The van der Waals surface area contributed by atoms with Crippen LogP contribution in [-0.2, 0) is 33.4 Å². The van der Waals surface area contributed by atoms with E-state index in [-0.39, 0.29) is 31.1 Å². The van der Waals surface area contributed by atoms with Crippen LogP contribution in [0.1, 0.15) is 84.0 Å². The van der Waals surface area contributed by atoms with Gasteiger partial charge in [0.05, 0.1) is 18.9 Å². The van der Waals surface area contributed by atoms with Gasteiger partial charge in [-0.3, -0.25) is 19.2 Å². The van der Waals surface area contributed by atoms with E-state index in [1.807, 2.05) is 0 Å². The highest BCUT2D eigenvalue weighted by Gasteiger charge is 2.32. The minimum absolute atomic E-state index is 0.248. The molecule has 1 aliphatic heterocycles. The summed E-state index contributed by atoms with van der Waals surface area (Å²) >= 11 is 0.806. The first kappa shape index (κ1) is 29.9. The summed E-state index contributed by atoms with van der Waals surface area (Å²) in [5.41, 5.74) is 0. The number of carboxylic acid groups (broad SMARTS) is 2. The van der Waals surface area contributed by atoms with E-state index >= 15 is 0 Å². The van der Waals surface area contributed by atoms with Crippen LogP contribution in [0.25, 0.3) is 0 Å². The Morgan fingerprint density at radius 1 is 1.00 bits per heavy atom.